The van der Waals surface area contributed by atoms with Crippen LogP contribution in [0.5, 0.6) is 5.75 Å². The van der Waals surface area contributed by atoms with Crippen molar-refractivity contribution >= 4 is 34.1 Å². The minimum Gasteiger partial charge on any atom is -0.497 e. The lowest BCUT2D eigenvalue weighted by atomic mass is 9.94. The van der Waals surface area contributed by atoms with Crippen molar-refractivity contribution < 1.29 is 19.1 Å². The Morgan fingerprint density at radius 3 is 2.94 bits per heavy atom. The Morgan fingerprint density at radius 2 is 2.22 bits per heavy atom. The number of nitrogens with zero attached hydrogens (tertiary/aromatic N) is 2. The maximum absolute atomic E-state index is 13.7. The van der Waals surface area contributed by atoms with Crippen LogP contribution in [-0.4, -0.2) is 53.2 Å². The zero-order valence-corrected chi connectivity index (χ0v) is 19.1. The van der Waals surface area contributed by atoms with Crippen LogP contribution in [0.4, 0.5) is 0 Å². The van der Waals surface area contributed by atoms with E-state index in [4.69, 9.17) is 9.47 Å². The predicted molar refractivity (Wildman–Crippen MR) is 123 cm³/mol. The number of methoxy groups -OCH3 is 1. The minimum atomic E-state index is -1.04. The molecule has 1 saturated heterocycles. The quantitative estimate of drug-likeness (QED) is 0.621. The molecule has 0 radical (unpaired) electrons. The molecule has 1 N–H and O–H groups in total. The van der Waals surface area contributed by atoms with Gasteiger partial charge in [0.25, 0.3) is 5.91 Å². The number of fused-ring (bicyclic) bond motifs is 3. The molecule has 0 bridgehead atoms. The van der Waals surface area contributed by atoms with Crippen LogP contribution in [0.2, 0.25) is 0 Å². The van der Waals surface area contributed by atoms with Gasteiger partial charge in [0.15, 0.2) is 0 Å². The molecule has 32 heavy (non-hydrogen) atoms. The monoisotopic (exact) mass is 453 g/mol. The highest BCUT2D eigenvalue weighted by atomic mass is 32.1. The molecule has 3 aromatic rings. The van der Waals surface area contributed by atoms with Crippen molar-refractivity contribution in [2.75, 3.05) is 20.3 Å². The van der Waals surface area contributed by atoms with Gasteiger partial charge in [-0.05, 0) is 49.4 Å². The molecule has 168 valence electrons. The van der Waals surface area contributed by atoms with Gasteiger partial charge in [0.05, 0.1) is 31.8 Å². The van der Waals surface area contributed by atoms with Crippen LogP contribution in [0.15, 0.2) is 41.8 Å². The van der Waals surface area contributed by atoms with Crippen molar-refractivity contribution in [2.45, 2.75) is 44.5 Å². The summed E-state index contributed by atoms with van der Waals surface area (Å²) in [6, 6.07) is 11.6. The van der Waals surface area contributed by atoms with Gasteiger partial charge in [0, 0.05) is 29.5 Å². The second kappa shape index (κ2) is 8.26. The molecule has 2 aliphatic heterocycles. The number of benzene rings is 1. The highest BCUT2D eigenvalue weighted by Gasteiger charge is 2.47. The number of aromatic nitrogens is 1. The number of carbonyl (C=O) groups is 2. The Balaban J connectivity index is 1.53. The average Bonchev–Trinajstić information content (AvgIpc) is 3.56. The lowest BCUT2D eigenvalue weighted by Crippen LogP contribution is -2.63. The SMILES string of the molecule is COc1ccc2cc3n(c2c1)C[C@@](C)(C(=O)NC[C@H]1CCCO1)N(Cc1cccs1)C3=O. The van der Waals surface area contributed by atoms with Crippen molar-refractivity contribution in [2.24, 2.45) is 0 Å². The van der Waals surface area contributed by atoms with Gasteiger partial charge >= 0.3 is 0 Å². The van der Waals surface area contributed by atoms with Crippen molar-refractivity contribution in [3.8, 4) is 5.75 Å². The summed E-state index contributed by atoms with van der Waals surface area (Å²) in [6.45, 7) is 3.82. The van der Waals surface area contributed by atoms with Gasteiger partial charge in [-0.2, -0.15) is 0 Å². The van der Waals surface area contributed by atoms with E-state index >= 15 is 0 Å². The Bertz CT molecular complexity index is 1150. The van der Waals surface area contributed by atoms with E-state index < -0.39 is 5.54 Å². The van der Waals surface area contributed by atoms with Crippen molar-refractivity contribution in [3.05, 3.63) is 52.3 Å². The maximum atomic E-state index is 13.7. The van der Waals surface area contributed by atoms with Gasteiger partial charge in [-0.25, -0.2) is 0 Å². The first-order valence-corrected chi connectivity index (χ1v) is 11.8. The molecule has 7 nitrogen and oxygen atoms in total. The Labute approximate surface area is 190 Å². The highest BCUT2D eigenvalue weighted by molar-refractivity contribution is 7.09. The number of hydrogen-bond donors (Lipinski definition) is 1. The lowest BCUT2D eigenvalue weighted by Gasteiger charge is -2.44. The zero-order chi connectivity index (χ0) is 22.3. The van der Waals surface area contributed by atoms with E-state index in [9.17, 15) is 9.59 Å². The zero-order valence-electron chi connectivity index (χ0n) is 18.3. The number of carbonyl (C=O) groups excluding carboxylic acids is 2. The number of amides is 2. The molecule has 4 heterocycles. The molecule has 1 aromatic carbocycles. The van der Waals surface area contributed by atoms with Crippen molar-refractivity contribution in [1.82, 2.24) is 14.8 Å². The minimum absolute atomic E-state index is 0.0415. The summed E-state index contributed by atoms with van der Waals surface area (Å²) in [7, 11) is 1.62. The molecule has 5 rings (SSSR count). The summed E-state index contributed by atoms with van der Waals surface area (Å²) in [5, 5.41) is 6.01. The molecular weight excluding hydrogens is 426 g/mol. The first-order chi connectivity index (χ1) is 15.5. The molecule has 2 amide bonds. The van der Waals surface area contributed by atoms with Crippen LogP contribution in [0.1, 0.15) is 35.1 Å². The van der Waals surface area contributed by atoms with Gasteiger partial charge in [0.1, 0.15) is 17.0 Å². The second-order valence-corrected chi connectivity index (χ2v) is 9.66. The summed E-state index contributed by atoms with van der Waals surface area (Å²) >= 11 is 1.59. The standard InChI is InChI=1S/C24H27N3O4S/c1-24(23(29)25-13-18-5-3-9-31-18)15-26-20-12-17(30-2)8-7-16(20)11-21(26)22(28)27(24)14-19-6-4-10-32-19/h4,6-8,10-12,18H,3,5,9,13-15H2,1-2H3,(H,25,29)/t18-,24+/m1/s1. The number of hydrogen-bond acceptors (Lipinski definition) is 5. The third-order valence-electron chi connectivity index (χ3n) is 6.53. The highest BCUT2D eigenvalue weighted by Crippen LogP contribution is 2.35. The summed E-state index contributed by atoms with van der Waals surface area (Å²) in [5.74, 6) is 0.416. The average molecular weight is 454 g/mol. The number of thiophene rings is 1. The van der Waals surface area contributed by atoms with Crippen LogP contribution in [-0.2, 0) is 22.6 Å². The van der Waals surface area contributed by atoms with Crippen molar-refractivity contribution in [1.29, 1.82) is 0 Å². The van der Waals surface area contributed by atoms with Crippen molar-refractivity contribution in [3.63, 3.8) is 0 Å². The molecule has 8 heteroatoms. The molecule has 0 aliphatic carbocycles. The summed E-state index contributed by atoms with van der Waals surface area (Å²) in [6.07, 6.45) is 2.00. The summed E-state index contributed by atoms with van der Waals surface area (Å²) < 4.78 is 13.0. The van der Waals surface area contributed by atoms with Crippen LogP contribution >= 0.6 is 11.3 Å². The number of ether oxygens (including phenoxy) is 2. The molecule has 2 atom stereocenters. The van der Waals surface area contributed by atoms with Crippen LogP contribution in [0.3, 0.4) is 0 Å². The molecule has 0 spiro atoms. The fraction of sp³-hybridized carbons (Fsp3) is 0.417. The van der Waals surface area contributed by atoms with Gasteiger partial charge in [0.2, 0.25) is 5.91 Å². The Morgan fingerprint density at radius 1 is 1.34 bits per heavy atom. The number of nitrogens with one attached hydrogen (secondary N) is 1. The third kappa shape index (κ3) is 3.57. The molecule has 0 saturated carbocycles. The normalized spacial score (nSPS) is 22.9. The van der Waals surface area contributed by atoms with E-state index in [-0.39, 0.29) is 17.9 Å². The van der Waals surface area contributed by atoms with E-state index in [0.717, 1.165) is 41.0 Å². The van der Waals surface area contributed by atoms with Crippen LogP contribution < -0.4 is 10.1 Å². The van der Waals surface area contributed by atoms with Gasteiger partial charge < -0.3 is 24.3 Å². The van der Waals surface area contributed by atoms with E-state index in [1.54, 1.807) is 23.3 Å². The predicted octanol–water partition coefficient (Wildman–Crippen LogP) is 3.42. The molecule has 0 unspecified atom stereocenters. The van der Waals surface area contributed by atoms with E-state index in [0.29, 0.717) is 25.3 Å². The summed E-state index contributed by atoms with van der Waals surface area (Å²) in [5.41, 5.74) is 0.442. The lowest BCUT2D eigenvalue weighted by molar-refractivity contribution is -0.133. The largest absolute Gasteiger partial charge is 0.497 e. The number of rotatable bonds is 6. The fourth-order valence-corrected chi connectivity index (χ4v) is 5.36. The third-order valence-corrected chi connectivity index (χ3v) is 7.40. The Hall–Kier alpha value is -2.84. The molecule has 2 aromatic heterocycles. The maximum Gasteiger partial charge on any atom is 0.271 e. The van der Waals surface area contributed by atoms with Crippen LogP contribution in [0.25, 0.3) is 10.9 Å². The topological polar surface area (TPSA) is 72.8 Å². The molecular formula is C24H27N3O4S. The van der Waals surface area contributed by atoms with E-state index in [2.05, 4.69) is 5.32 Å². The van der Waals surface area contributed by atoms with E-state index in [1.165, 1.54) is 0 Å². The molecule has 2 aliphatic rings. The van der Waals surface area contributed by atoms with Crippen LogP contribution in [0, 0.1) is 0 Å². The Kier molecular flexibility index (Phi) is 5.43. The van der Waals surface area contributed by atoms with Gasteiger partial charge in [-0.3, -0.25) is 9.59 Å². The summed E-state index contributed by atoms with van der Waals surface area (Å²) in [4.78, 5) is 30.0. The molecule has 1 fully saturated rings. The first-order valence-electron chi connectivity index (χ1n) is 10.9. The first kappa shape index (κ1) is 21.0. The second-order valence-electron chi connectivity index (χ2n) is 8.63. The van der Waals surface area contributed by atoms with Gasteiger partial charge in [-0.1, -0.05) is 6.07 Å². The fourth-order valence-electron chi connectivity index (χ4n) is 4.67. The smallest absolute Gasteiger partial charge is 0.271 e. The van der Waals surface area contributed by atoms with E-state index in [1.807, 2.05) is 53.3 Å². The van der Waals surface area contributed by atoms with Gasteiger partial charge in [-0.15, -0.1) is 11.3 Å².